The van der Waals surface area contributed by atoms with Crippen molar-refractivity contribution in [3.63, 3.8) is 0 Å². The van der Waals surface area contributed by atoms with Gasteiger partial charge in [-0.05, 0) is 32.1 Å². The average Bonchev–Trinajstić information content (AvgIpc) is 3.24. The number of carbonyl (C=O) groups excluding carboxylic acids is 2. The van der Waals surface area contributed by atoms with Crippen LogP contribution in [-0.2, 0) is 16.0 Å². The van der Waals surface area contributed by atoms with Gasteiger partial charge in [0.15, 0.2) is 5.13 Å². The zero-order valence-corrected chi connectivity index (χ0v) is 15.8. The maximum Gasteiger partial charge on any atom is 0.317 e. The Hall–Kier alpha value is -1.87. The Kier molecular flexibility index (Phi) is 6.67. The van der Waals surface area contributed by atoms with Gasteiger partial charge in [-0.25, -0.2) is 9.78 Å². The average molecular weight is 382 g/mol. The second kappa shape index (κ2) is 9.18. The lowest BCUT2D eigenvalue weighted by atomic mass is 10.2. The van der Waals surface area contributed by atoms with Gasteiger partial charge in [0.25, 0.3) is 5.91 Å². The van der Waals surface area contributed by atoms with Crippen molar-refractivity contribution in [3.05, 3.63) is 11.1 Å². The van der Waals surface area contributed by atoms with E-state index < -0.39 is 0 Å². The first-order valence-corrected chi connectivity index (χ1v) is 10.1. The Morgan fingerprint density at radius 3 is 2.81 bits per heavy atom. The predicted molar refractivity (Wildman–Crippen MR) is 100.0 cm³/mol. The third-order valence-corrected chi connectivity index (χ3v) is 5.48. The highest BCUT2D eigenvalue weighted by Crippen LogP contribution is 2.16. The molecule has 0 unspecified atom stereocenters. The van der Waals surface area contributed by atoms with Crippen LogP contribution in [0.25, 0.3) is 0 Å². The minimum absolute atomic E-state index is 0.0609. The molecule has 2 aliphatic heterocycles. The lowest BCUT2D eigenvalue weighted by Gasteiger charge is -2.24. The fourth-order valence-electron chi connectivity index (χ4n) is 3.33. The maximum absolute atomic E-state index is 12.4. The molecule has 0 aliphatic carbocycles. The summed E-state index contributed by atoms with van der Waals surface area (Å²) in [7, 11) is 0. The smallest absolute Gasteiger partial charge is 0.317 e. The minimum Gasteiger partial charge on any atom is -0.375 e. The summed E-state index contributed by atoms with van der Waals surface area (Å²) in [6.07, 6.45) is 3.90. The molecule has 0 spiro atoms. The van der Waals surface area contributed by atoms with Crippen molar-refractivity contribution in [2.24, 2.45) is 0 Å². The van der Waals surface area contributed by atoms with Crippen LogP contribution in [0.5, 0.6) is 0 Å². The van der Waals surface area contributed by atoms with E-state index in [-0.39, 0.29) is 18.0 Å². The molecule has 2 fully saturated rings. The minimum atomic E-state index is -0.282. The van der Waals surface area contributed by atoms with Crippen LogP contribution in [0.15, 0.2) is 5.38 Å². The van der Waals surface area contributed by atoms with E-state index in [0.29, 0.717) is 44.5 Å². The molecule has 1 atom stereocenters. The number of nitrogens with zero attached hydrogens (tertiary/aromatic N) is 3. The number of nitrogens with one attached hydrogen (secondary N) is 1. The van der Waals surface area contributed by atoms with Crippen molar-refractivity contribution in [2.75, 3.05) is 45.1 Å². The predicted octanol–water partition coefficient (Wildman–Crippen LogP) is 1.08. The van der Waals surface area contributed by atoms with E-state index in [4.69, 9.17) is 10.5 Å². The molecular weight excluding hydrogens is 354 g/mol. The molecule has 3 rings (SSSR count). The Bertz CT molecular complexity index is 617. The number of carbonyl (C=O) groups is 2. The molecule has 26 heavy (non-hydrogen) atoms. The number of thiazole rings is 1. The number of urea groups is 1. The van der Waals surface area contributed by atoms with E-state index in [1.165, 1.54) is 11.3 Å². The molecule has 3 amide bonds. The molecule has 1 aromatic heterocycles. The van der Waals surface area contributed by atoms with Gasteiger partial charge in [0.2, 0.25) is 0 Å². The summed E-state index contributed by atoms with van der Waals surface area (Å²) in [5, 5.41) is 5.49. The first-order chi connectivity index (χ1) is 12.6. The molecule has 2 aliphatic rings. The summed E-state index contributed by atoms with van der Waals surface area (Å²) in [4.78, 5) is 32.6. The zero-order valence-electron chi connectivity index (χ0n) is 15.0. The molecule has 0 radical (unpaired) electrons. The largest absolute Gasteiger partial charge is 0.375 e. The third kappa shape index (κ3) is 5.07. The third-order valence-electron chi connectivity index (χ3n) is 4.76. The van der Waals surface area contributed by atoms with Crippen molar-refractivity contribution in [1.29, 1.82) is 0 Å². The molecule has 9 heteroatoms. The SMILES string of the molecule is Nc1nc(CCCNC(=O)N2CCCN(C(=O)[C@@H]3CCCO3)CC2)cs1. The summed E-state index contributed by atoms with van der Waals surface area (Å²) >= 11 is 1.44. The lowest BCUT2D eigenvalue weighted by Crippen LogP contribution is -2.44. The molecular formula is C17H27N5O3S. The summed E-state index contributed by atoms with van der Waals surface area (Å²) in [6, 6.07) is -0.0609. The highest BCUT2D eigenvalue weighted by molar-refractivity contribution is 7.13. The van der Waals surface area contributed by atoms with Gasteiger partial charge in [-0.2, -0.15) is 0 Å². The quantitative estimate of drug-likeness (QED) is 0.744. The van der Waals surface area contributed by atoms with Crippen LogP contribution in [-0.4, -0.2) is 72.2 Å². The normalized spacial score (nSPS) is 20.8. The van der Waals surface area contributed by atoms with E-state index >= 15 is 0 Å². The number of anilines is 1. The number of nitrogen functional groups attached to an aromatic ring is 1. The molecule has 0 bridgehead atoms. The number of rotatable bonds is 5. The maximum atomic E-state index is 12.4. The molecule has 0 aromatic carbocycles. The molecule has 2 saturated heterocycles. The van der Waals surface area contributed by atoms with Gasteiger partial charge in [0.1, 0.15) is 6.10 Å². The topological polar surface area (TPSA) is 101 Å². The van der Waals surface area contributed by atoms with Crippen molar-refractivity contribution < 1.29 is 14.3 Å². The first kappa shape index (κ1) is 18.9. The second-order valence-corrected chi connectivity index (χ2v) is 7.57. The van der Waals surface area contributed by atoms with Crippen LogP contribution in [0, 0.1) is 0 Å². The van der Waals surface area contributed by atoms with Gasteiger partial charge in [-0.15, -0.1) is 11.3 Å². The van der Waals surface area contributed by atoms with Crippen molar-refractivity contribution in [1.82, 2.24) is 20.1 Å². The van der Waals surface area contributed by atoms with E-state index in [2.05, 4.69) is 10.3 Å². The Morgan fingerprint density at radius 2 is 2.08 bits per heavy atom. The highest BCUT2D eigenvalue weighted by atomic mass is 32.1. The number of ether oxygens (including phenoxy) is 1. The van der Waals surface area contributed by atoms with Gasteiger partial charge < -0.3 is 25.6 Å². The van der Waals surface area contributed by atoms with Crippen LogP contribution in [0.1, 0.15) is 31.4 Å². The number of amides is 3. The van der Waals surface area contributed by atoms with E-state index in [1.807, 2.05) is 10.3 Å². The monoisotopic (exact) mass is 381 g/mol. The van der Waals surface area contributed by atoms with Crippen LogP contribution in [0.4, 0.5) is 9.93 Å². The van der Waals surface area contributed by atoms with E-state index in [1.54, 1.807) is 4.90 Å². The Labute approximate surface area is 157 Å². The lowest BCUT2D eigenvalue weighted by molar-refractivity contribution is -0.140. The standard InChI is InChI=1S/C17H27N5O3S/c18-16-20-13(12-26-16)4-1-6-19-17(24)22-8-3-7-21(9-10-22)15(23)14-5-2-11-25-14/h12,14H,1-11H2,(H2,18,20)(H,19,24)/t14-/m0/s1. The molecule has 8 nitrogen and oxygen atoms in total. The molecule has 1 aromatic rings. The fourth-order valence-corrected chi connectivity index (χ4v) is 3.93. The first-order valence-electron chi connectivity index (χ1n) is 9.26. The second-order valence-electron chi connectivity index (χ2n) is 6.68. The van der Waals surface area contributed by atoms with Gasteiger partial charge in [0, 0.05) is 44.7 Å². The molecule has 144 valence electrons. The van der Waals surface area contributed by atoms with Crippen LogP contribution in [0.2, 0.25) is 0 Å². The van der Waals surface area contributed by atoms with Crippen molar-refractivity contribution in [3.8, 4) is 0 Å². The van der Waals surface area contributed by atoms with Crippen molar-refractivity contribution in [2.45, 2.75) is 38.2 Å². The van der Waals surface area contributed by atoms with Crippen molar-refractivity contribution >= 4 is 28.4 Å². The zero-order chi connectivity index (χ0) is 18.4. The molecule has 3 heterocycles. The van der Waals surface area contributed by atoms with Gasteiger partial charge >= 0.3 is 6.03 Å². The van der Waals surface area contributed by atoms with Gasteiger partial charge in [-0.1, -0.05) is 0 Å². The number of aromatic nitrogens is 1. The van der Waals surface area contributed by atoms with Gasteiger partial charge in [0.05, 0.1) is 5.69 Å². The van der Waals surface area contributed by atoms with Crippen LogP contribution >= 0.6 is 11.3 Å². The molecule has 3 N–H and O–H groups in total. The summed E-state index contributed by atoms with van der Waals surface area (Å²) < 4.78 is 5.49. The number of nitrogens with two attached hydrogens (primary N) is 1. The summed E-state index contributed by atoms with van der Waals surface area (Å²) in [6.45, 7) is 3.77. The number of aryl methyl sites for hydroxylation is 1. The fraction of sp³-hybridized carbons (Fsp3) is 0.706. The van der Waals surface area contributed by atoms with Crippen LogP contribution in [0.3, 0.4) is 0 Å². The molecule has 0 saturated carbocycles. The number of hydrogen-bond donors (Lipinski definition) is 2. The Morgan fingerprint density at radius 1 is 1.27 bits per heavy atom. The Balaban J connectivity index is 1.37. The summed E-state index contributed by atoms with van der Waals surface area (Å²) in [5.41, 5.74) is 6.58. The van der Waals surface area contributed by atoms with Gasteiger partial charge in [-0.3, -0.25) is 4.79 Å². The van der Waals surface area contributed by atoms with E-state index in [0.717, 1.165) is 37.8 Å². The summed E-state index contributed by atoms with van der Waals surface area (Å²) in [5.74, 6) is 0.0762. The number of hydrogen-bond acceptors (Lipinski definition) is 6. The van der Waals surface area contributed by atoms with Crippen LogP contribution < -0.4 is 11.1 Å². The van der Waals surface area contributed by atoms with E-state index in [9.17, 15) is 9.59 Å². The highest BCUT2D eigenvalue weighted by Gasteiger charge is 2.30.